The highest BCUT2D eigenvalue weighted by Gasteiger charge is 2.36. The fourth-order valence-corrected chi connectivity index (χ4v) is 4.51. The third kappa shape index (κ3) is 5.06. The lowest BCUT2D eigenvalue weighted by Gasteiger charge is -2.16. The lowest BCUT2D eigenvalue weighted by atomic mass is 10.1. The van der Waals surface area contributed by atoms with E-state index in [1.165, 1.54) is 25.3 Å². The van der Waals surface area contributed by atoms with Crippen LogP contribution in [0, 0.1) is 12.3 Å². The second-order valence-electron chi connectivity index (χ2n) is 6.08. The van der Waals surface area contributed by atoms with Crippen LogP contribution >= 0.6 is 39.9 Å². The van der Waals surface area contributed by atoms with E-state index in [9.17, 15) is 18.0 Å². The number of carbonyl (C=O) groups excluding carboxylic acids is 1. The zero-order valence-corrected chi connectivity index (χ0v) is 19.0. The van der Waals surface area contributed by atoms with Gasteiger partial charge in [0, 0.05) is 10.0 Å². The number of ether oxygens (including phenoxy) is 2. The number of rotatable bonds is 5. The summed E-state index contributed by atoms with van der Waals surface area (Å²) in [4.78, 5) is 14.3. The quantitative estimate of drug-likeness (QED) is 0.275. The van der Waals surface area contributed by atoms with Gasteiger partial charge in [-0.1, -0.05) is 51.9 Å². The summed E-state index contributed by atoms with van der Waals surface area (Å²) in [6, 6.07) is 7.82. The van der Waals surface area contributed by atoms with Crippen LogP contribution in [0.3, 0.4) is 0 Å². The summed E-state index contributed by atoms with van der Waals surface area (Å²) in [6.07, 6.45) is 2.27. The maximum absolute atomic E-state index is 13.1. The van der Waals surface area contributed by atoms with E-state index in [0.717, 1.165) is 28.8 Å². The summed E-state index contributed by atoms with van der Waals surface area (Å²) in [5, 5.41) is 0. The summed E-state index contributed by atoms with van der Waals surface area (Å²) in [5.41, 5.74) is -0.341. The smallest absolute Gasteiger partial charge is 0.416 e. The number of terminal acetylenes is 1. The highest BCUT2D eigenvalue weighted by atomic mass is 79.9. The van der Waals surface area contributed by atoms with Crippen molar-refractivity contribution in [1.82, 2.24) is 0 Å². The standard InChI is InChI=1S/C21H13BrF3NO3S2/c1-3-7-29-18-12(8-14(22)11-16(18)28-2)9-17-19(27)26(20(30)31-17)15-6-4-5-13(10-15)21(23,24)25/h1,4-6,8-11H,7H2,2H3/b17-9-. The Balaban J connectivity index is 2.02. The zero-order chi connectivity index (χ0) is 22.8. The number of carbonyl (C=O) groups is 1. The third-order valence-electron chi connectivity index (χ3n) is 4.08. The Morgan fingerprint density at radius 3 is 2.71 bits per heavy atom. The van der Waals surface area contributed by atoms with E-state index in [2.05, 4.69) is 21.9 Å². The van der Waals surface area contributed by atoms with Crippen molar-refractivity contribution in [2.45, 2.75) is 6.18 Å². The van der Waals surface area contributed by atoms with Crippen LogP contribution in [0.4, 0.5) is 18.9 Å². The van der Waals surface area contributed by atoms with Crippen molar-refractivity contribution in [3.8, 4) is 23.8 Å². The number of amides is 1. The Morgan fingerprint density at radius 2 is 2.06 bits per heavy atom. The summed E-state index contributed by atoms with van der Waals surface area (Å²) < 4.78 is 50.9. The van der Waals surface area contributed by atoms with Gasteiger partial charge >= 0.3 is 6.18 Å². The van der Waals surface area contributed by atoms with Crippen molar-refractivity contribution in [2.75, 3.05) is 18.6 Å². The average Bonchev–Trinajstić information content (AvgIpc) is 2.99. The molecule has 0 radical (unpaired) electrons. The Morgan fingerprint density at radius 1 is 1.32 bits per heavy atom. The minimum Gasteiger partial charge on any atom is -0.493 e. The number of thioether (sulfide) groups is 1. The first kappa shape index (κ1) is 23.2. The van der Waals surface area contributed by atoms with Gasteiger partial charge in [0.05, 0.1) is 23.3 Å². The van der Waals surface area contributed by atoms with Gasteiger partial charge in [-0.15, -0.1) is 6.42 Å². The van der Waals surface area contributed by atoms with Crippen LogP contribution < -0.4 is 14.4 Å². The van der Waals surface area contributed by atoms with Crippen molar-refractivity contribution in [1.29, 1.82) is 0 Å². The molecule has 0 N–H and O–H groups in total. The molecule has 1 aliphatic rings. The molecule has 31 heavy (non-hydrogen) atoms. The molecular formula is C21H13BrF3NO3S2. The number of anilines is 1. The van der Waals surface area contributed by atoms with Gasteiger partial charge in [0.2, 0.25) is 0 Å². The van der Waals surface area contributed by atoms with Crippen LogP contribution in [0.1, 0.15) is 11.1 Å². The number of methoxy groups -OCH3 is 1. The topological polar surface area (TPSA) is 38.8 Å². The van der Waals surface area contributed by atoms with E-state index in [4.69, 9.17) is 28.1 Å². The Bertz CT molecular complexity index is 1130. The molecule has 2 aromatic rings. The lowest BCUT2D eigenvalue weighted by Crippen LogP contribution is -2.27. The van der Waals surface area contributed by atoms with Gasteiger partial charge in [-0.25, -0.2) is 0 Å². The van der Waals surface area contributed by atoms with E-state index < -0.39 is 17.6 Å². The molecule has 2 aromatic carbocycles. The monoisotopic (exact) mass is 527 g/mol. The third-order valence-corrected chi connectivity index (χ3v) is 5.84. The van der Waals surface area contributed by atoms with Crippen molar-refractivity contribution in [3.05, 3.63) is 56.9 Å². The van der Waals surface area contributed by atoms with Crippen LogP contribution in [0.5, 0.6) is 11.5 Å². The molecule has 0 aromatic heterocycles. The number of hydrogen-bond acceptors (Lipinski definition) is 5. The van der Waals surface area contributed by atoms with Gasteiger partial charge in [-0.2, -0.15) is 13.2 Å². The molecule has 1 amide bonds. The Kier molecular flexibility index (Phi) is 6.99. The average molecular weight is 528 g/mol. The molecule has 3 rings (SSSR count). The van der Waals surface area contributed by atoms with Crippen LogP contribution in [0.2, 0.25) is 0 Å². The predicted octanol–water partition coefficient (Wildman–Crippen LogP) is 5.89. The molecule has 1 aliphatic heterocycles. The van der Waals surface area contributed by atoms with E-state index in [0.29, 0.717) is 21.5 Å². The van der Waals surface area contributed by atoms with E-state index in [-0.39, 0.29) is 21.5 Å². The minimum atomic E-state index is -4.54. The molecule has 0 saturated carbocycles. The van der Waals surface area contributed by atoms with Gasteiger partial charge in [0.1, 0.15) is 6.61 Å². The maximum atomic E-state index is 13.1. The number of benzene rings is 2. The molecule has 4 nitrogen and oxygen atoms in total. The molecule has 1 saturated heterocycles. The first-order chi connectivity index (χ1) is 14.7. The number of thiocarbonyl (C=S) groups is 1. The number of hydrogen-bond donors (Lipinski definition) is 0. The predicted molar refractivity (Wildman–Crippen MR) is 122 cm³/mol. The fourth-order valence-electron chi connectivity index (χ4n) is 2.77. The summed E-state index contributed by atoms with van der Waals surface area (Å²) >= 11 is 9.60. The molecule has 160 valence electrons. The Hall–Kier alpha value is -2.48. The van der Waals surface area contributed by atoms with Gasteiger partial charge in [-0.05, 0) is 36.4 Å². The molecule has 10 heteroatoms. The SMILES string of the molecule is C#CCOc1c(/C=C2\SC(=S)N(c3cccc(C(F)(F)F)c3)C2=O)cc(Br)cc1OC. The molecular weight excluding hydrogens is 515 g/mol. The van der Waals surface area contributed by atoms with Crippen molar-refractivity contribution >= 4 is 61.9 Å². The Labute approximate surface area is 194 Å². The first-order valence-corrected chi connectivity index (χ1v) is 10.6. The summed E-state index contributed by atoms with van der Waals surface area (Å²) in [7, 11) is 1.46. The van der Waals surface area contributed by atoms with Gasteiger partial charge in [-0.3, -0.25) is 9.69 Å². The van der Waals surface area contributed by atoms with E-state index >= 15 is 0 Å². The molecule has 0 atom stereocenters. The summed E-state index contributed by atoms with van der Waals surface area (Å²) in [6.45, 7) is -0.0238. The van der Waals surface area contributed by atoms with Gasteiger partial charge < -0.3 is 9.47 Å². The molecule has 1 fully saturated rings. The molecule has 0 spiro atoms. The number of alkyl halides is 3. The fraction of sp³-hybridized carbons (Fsp3) is 0.143. The van der Waals surface area contributed by atoms with Crippen LogP contribution in [0.25, 0.3) is 6.08 Å². The summed E-state index contributed by atoms with van der Waals surface area (Å²) in [5.74, 6) is 2.54. The maximum Gasteiger partial charge on any atom is 0.416 e. The van der Waals surface area contributed by atoms with Crippen molar-refractivity contribution < 1.29 is 27.4 Å². The number of nitrogens with zero attached hydrogens (tertiary/aromatic N) is 1. The molecule has 0 bridgehead atoms. The number of halogens is 4. The van der Waals surface area contributed by atoms with Gasteiger partial charge in [0.15, 0.2) is 15.8 Å². The van der Waals surface area contributed by atoms with Crippen molar-refractivity contribution in [3.63, 3.8) is 0 Å². The highest BCUT2D eigenvalue weighted by molar-refractivity contribution is 9.10. The van der Waals surface area contributed by atoms with Crippen LogP contribution in [0.15, 0.2) is 45.8 Å². The van der Waals surface area contributed by atoms with Crippen LogP contribution in [-0.4, -0.2) is 23.9 Å². The minimum absolute atomic E-state index is 0.0238. The van der Waals surface area contributed by atoms with Crippen molar-refractivity contribution in [2.24, 2.45) is 0 Å². The van der Waals surface area contributed by atoms with E-state index in [1.54, 1.807) is 12.1 Å². The normalized spacial score (nSPS) is 15.4. The largest absolute Gasteiger partial charge is 0.493 e. The first-order valence-electron chi connectivity index (χ1n) is 8.54. The van der Waals surface area contributed by atoms with E-state index in [1.807, 2.05) is 0 Å². The zero-order valence-electron chi connectivity index (χ0n) is 15.8. The van der Waals surface area contributed by atoms with Gasteiger partial charge in [0.25, 0.3) is 5.91 Å². The lowest BCUT2D eigenvalue weighted by molar-refractivity contribution is -0.137. The highest BCUT2D eigenvalue weighted by Crippen LogP contribution is 2.41. The second-order valence-corrected chi connectivity index (χ2v) is 8.68. The second kappa shape index (κ2) is 9.34. The molecule has 0 aliphatic carbocycles. The molecule has 0 unspecified atom stereocenters. The van der Waals surface area contributed by atoms with Crippen LogP contribution in [-0.2, 0) is 11.0 Å². The molecule has 1 heterocycles.